The van der Waals surface area contributed by atoms with Gasteiger partial charge in [-0.2, -0.15) is 0 Å². The Labute approximate surface area is 49.1 Å². The van der Waals surface area contributed by atoms with Crippen molar-refractivity contribution in [1.82, 2.24) is 5.73 Å². The molecular formula is C5H12NO2. The van der Waals surface area contributed by atoms with E-state index in [1.807, 2.05) is 0 Å². The first-order valence-electron chi connectivity index (χ1n) is 2.74. The van der Waals surface area contributed by atoms with Gasteiger partial charge in [-0.15, -0.1) is 0 Å². The maximum atomic E-state index is 8.66. The van der Waals surface area contributed by atoms with Gasteiger partial charge in [0, 0.05) is 6.54 Å². The molecule has 3 nitrogen and oxygen atoms in total. The fourth-order valence-electron chi connectivity index (χ4n) is 0.429. The minimum absolute atomic E-state index is 0.181. The number of nitrogens with one attached hydrogen (secondary N) is 1. The van der Waals surface area contributed by atoms with Crippen LogP contribution < -0.4 is 5.73 Å². The Hall–Kier alpha value is -0.120. The molecule has 0 fully saturated rings. The second-order valence-electron chi connectivity index (χ2n) is 1.73. The van der Waals surface area contributed by atoms with Gasteiger partial charge in [0.25, 0.3) is 0 Å². The summed E-state index contributed by atoms with van der Waals surface area (Å²) in [5, 5.41) is 16.9. The van der Waals surface area contributed by atoms with Crippen LogP contribution in [0.5, 0.6) is 0 Å². The first-order valence-corrected chi connectivity index (χ1v) is 2.74. The molecule has 0 aliphatic carbocycles. The van der Waals surface area contributed by atoms with Gasteiger partial charge in [-0.05, 0) is 12.8 Å². The van der Waals surface area contributed by atoms with Gasteiger partial charge in [-0.3, -0.25) is 5.73 Å². The Morgan fingerprint density at radius 2 is 2.12 bits per heavy atom. The van der Waals surface area contributed by atoms with E-state index >= 15 is 0 Å². The van der Waals surface area contributed by atoms with Crippen LogP contribution >= 0.6 is 0 Å². The van der Waals surface area contributed by atoms with Crippen LogP contribution in [-0.2, 0) is 0 Å². The normalized spacial score (nSPS) is 13.9. The van der Waals surface area contributed by atoms with Gasteiger partial charge in [0.15, 0.2) is 0 Å². The molecule has 0 aliphatic heterocycles. The molecule has 0 saturated carbocycles. The number of aliphatic hydroxyl groups excluding tert-OH is 2. The van der Waals surface area contributed by atoms with Crippen molar-refractivity contribution in [3.8, 4) is 0 Å². The molecule has 1 unspecified atom stereocenters. The third-order valence-electron chi connectivity index (χ3n) is 0.925. The van der Waals surface area contributed by atoms with E-state index in [2.05, 4.69) is 0 Å². The number of hydrogen-bond donors (Lipinski definition) is 2. The van der Waals surface area contributed by atoms with Gasteiger partial charge in [-0.25, -0.2) is 0 Å². The summed E-state index contributed by atoms with van der Waals surface area (Å²) in [7, 11) is 0. The molecule has 0 bridgehead atoms. The average molecular weight is 118 g/mol. The highest BCUT2D eigenvalue weighted by atomic mass is 16.3. The minimum atomic E-state index is -0.611. The van der Waals surface area contributed by atoms with E-state index in [9.17, 15) is 0 Å². The zero-order chi connectivity index (χ0) is 6.41. The van der Waals surface area contributed by atoms with Crippen LogP contribution in [0.2, 0.25) is 0 Å². The topological polar surface area (TPSA) is 64.3 Å². The zero-order valence-corrected chi connectivity index (χ0v) is 4.80. The fraction of sp³-hybridized carbons (Fsp3) is 1.00. The van der Waals surface area contributed by atoms with Gasteiger partial charge in [0.2, 0.25) is 0 Å². The van der Waals surface area contributed by atoms with Crippen molar-refractivity contribution in [2.75, 3.05) is 13.2 Å². The van der Waals surface area contributed by atoms with E-state index in [0.717, 1.165) is 0 Å². The van der Waals surface area contributed by atoms with Gasteiger partial charge in [0.1, 0.15) is 0 Å². The Morgan fingerprint density at radius 1 is 1.50 bits per heavy atom. The van der Waals surface area contributed by atoms with Crippen LogP contribution in [0.3, 0.4) is 0 Å². The molecule has 0 aromatic carbocycles. The lowest BCUT2D eigenvalue weighted by Crippen LogP contribution is -2.11. The molecule has 0 rings (SSSR count). The molecule has 0 aliphatic rings. The number of aliphatic hydroxyl groups is 2. The molecule has 3 heteroatoms. The van der Waals surface area contributed by atoms with Crippen LogP contribution in [0.15, 0.2) is 0 Å². The highest BCUT2D eigenvalue weighted by Gasteiger charge is 1.98. The predicted molar refractivity (Wildman–Crippen MR) is 30.3 cm³/mol. The molecule has 49 valence electrons. The Bertz CT molecular complexity index is 49.7. The zero-order valence-electron chi connectivity index (χ0n) is 4.80. The summed E-state index contributed by atoms with van der Waals surface area (Å²) >= 11 is 0. The Morgan fingerprint density at radius 3 is 2.50 bits per heavy atom. The molecule has 0 heterocycles. The summed E-state index contributed by atoms with van der Waals surface area (Å²) < 4.78 is 0. The van der Waals surface area contributed by atoms with Crippen molar-refractivity contribution in [1.29, 1.82) is 0 Å². The molecule has 0 aromatic rings. The molecule has 0 amide bonds. The summed E-state index contributed by atoms with van der Waals surface area (Å²) in [5.41, 5.74) is 6.68. The van der Waals surface area contributed by atoms with Crippen LogP contribution in [0.4, 0.5) is 0 Å². The maximum Gasteiger partial charge on any atom is 0.0771 e. The first kappa shape index (κ1) is 7.88. The molecule has 1 atom stereocenters. The molecule has 3 N–H and O–H groups in total. The fourth-order valence-corrected chi connectivity index (χ4v) is 0.429. The Kier molecular flexibility index (Phi) is 4.95. The molecule has 1 radical (unpaired) electrons. The molecular weight excluding hydrogens is 106 g/mol. The Balaban J connectivity index is 2.86. The number of hydrogen-bond acceptors (Lipinski definition) is 2. The van der Waals surface area contributed by atoms with Gasteiger partial charge in [0.05, 0.1) is 12.7 Å². The van der Waals surface area contributed by atoms with E-state index in [-0.39, 0.29) is 6.61 Å². The molecule has 8 heavy (non-hydrogen) atoms. The minimum Gasteiger partial charge on any atom is -0.394 e. The highest BCUT2D eigenvalue weighted by molar-refractivity contribution is 4.51. The van der Waals surface area contributed by atoms with Crippen molar-refractivity contribution < 1.29 is 10.2 Å². The summed E-state index contributed by atoms with van der Waals surface area (Å²) in [6.07, 6.45) is 0.599. The monoisotopic (exact) mass is 118 g/mol. The van der Waals surface area contributed by atoms with Crippen molar-refractivity contribution in [3.05, 3.63) is 0 Å². The lowest BCUT2D eigenvalue weighted by atomic mass is 10.2. The predicted octanol–water partition coefficient (Wildman–Crippen LogP) is -0.597. The van der Waals surface area contributed by atoms with Crippen molar-refractivity contribution in [2.45, 2.75) is 18.9 Å². The van der Waals surface area contributed by atoms with Gasteiger partial charge >= 0.3 is 0 Å². The lowest BCUT2D eigenvalue weighted by Gasteiger charge is -2.02. The summed E-state index contributed by atoms with van der Waals surface area (Å²) in [4.78, 5) is 0. The molecule has 0 aromatic heterocycles. The standard InChI is InChI=1S/C5H12NO2/c6-3-1-2-5(8)4-7/h5-8H,1-4H2. The van der Waals surface area contributed by atoms with Crippen LogP contribution in [0.1, 0.15) is 12.8 Å². The third kappa shape index (κ3) is 4.05. The van der Waals surface area contributed by atoms with Gasteiger partial charge in [-0.1, -0.05) is 0 Å². The van der Waals surface area contributed by atoms with Crippen molar-refractivity contribution in [3.63, 3.8) is 0 Å². The molecule has 0 spiro atoms. The SMILES string of the molecule is [NH]CCCC(O)CO. The second-order valence-corrected chi connectivity index (χ2v) is 1.73. The summed E-state index contributed by atoms with van der Waals surface area (Å²) in [5.74, 6) is 0. The van der Waals surface area contributed by atoms with Crippen LogP contribution in [-0.4, -0.2) is 29.5 Å². The molecule has 0 saturated heterocycles. The maximum absolute atomic E-state index is 8.66. The van der Waals surface area contributed by atoms with E-state index < -0.39 is 6.10 Å². The van der Waals surface area contributed by atoms with E-state index in [1.54, 1.807) is 0 Å². The van der Waals surface area contributed by atoms with Crippen molar-refractivity contribution in [2.24, 2.45) is 0 Å². The van der Waals surface area contributed by atoms with Crippen molar-refractivity contribution >= 4 is 0 Å². The second kappa shape index (κ2) is 5.03. The van der Waals surface area contributed by atoms with Gasteiger partial charge < -0.3 is 10.2 Å². The van der Waals surface area contributed by atoms with E-state index in [0.29, 0.717) is 19.4 Å². The summed E-state index contributed by atoms with van der Waals surface area (Å²) in [6, 6.07) is 0. The third-order valence-corrected chi connectivity index (χ3v) is 0.925. The first-order chi connectivity index (χ1) is 3.81. The summed E-state index contributed by atoms with van der Waals surface area (Å²) in [6.45, 7) is 0.150. The quantitative estimate of drug-likeness (QED) is 0.518. The van der Waals surface area contributed by atoms with E-state index in [1.165, 1.54) is 0 Å². The van der Waals surface area contributed by atoms with Crippen LogP contribution in [0.25, 0.3) is 0 Å². The average Bonchev–Trinajstić information content (AvgIpc) is 1.83. The largest absolute Gasteiger partial charge is 0.394 e. The number of rotatable bonds is 4. The van der Waals surface area contributed by atoms with Crippen LogP contribution in [0, 0.1) is 0 Å². The highest BCUT2D eigenvalue weighted by Crippen LogP contribution is 1.92. The van der Waals surface area contributed by atoms with E-state index in [4.69, 9.17) is 15.9 Å². The lowest BCUT2D eigenvalue weighted by molar-refractivity contribution is 0.0871. The smallest absolute Gasteiger partial charge is 0.0771 e.